The second-order valence-electron chi connectivity index (χ2n) is 2.32. The van der Waals surface area contributed by atoms with Crippen LogP contribution in [-0.2, 0) is 12.8 Å². The topological polar surface area (TPSA) is 12.9 Å². The maximum atomic E-state index is 4.27. The van der Waals surface area contributed by atoms with Crippen LogP contribution in [0.1, 0.15) is 52.8 Å². The van der Waals surface area contributed by atoms with Crippen LogP contribution in [0.2, 0.25) is 0 Å². The minimum absolute atomic E-state index is 1.05. The summed E-state index contributed by atoms with van der Waals surface area (Å²) in [7, 11) is 0. The average Bonchev–Trinajstić information content (AvgIpc) is 2.34. The van der Waals surface area contributed by atoms with Crippen LogP contribution < -0.4 is 0 Å². The molecular weight excluding hydrogens is 170 g/mol. The lowest BCUT2D eigenvalue weighted by molar-refractivity contribution is 0.964. The van der Waals surface area contributed by atoms with E-state index in [1.807, 2.05) is 40.0 Å². The van der Waals surface area contributed by atoms with Crippen LogP contribution in [0.5, 0.6) is 0 Å². The van der Waals surface area contributed by atoms with E-state index in [1.54, 1.807) is 0 Å². The van der Waals surface area contributed by atoms with Crippen molar-refractivity contribution < 1.29 is 0 Å². The fourth-order valence-corrected chi connectivity index (χ4v) is 1.11. The molecule has 0 saturated heterocycles. The zero-order valence-electron chi connectivity index (χ0n) is 10.6. The Bertz CT molecular complexity index is 183. The summed E-state index contributed by atoms with van der Waals surface area (Å²) in [5, 5.41) is 0. The zero-order chi connectivity index (χ0) is 11.4. The number of aryl methyl sites for hydroxylation is 2. The van der Waals surface area contributed by atoms with E-state index in [9.17, 15) is 0 Å². The molecule has 0 radical (unpaired) electrons. The van der Waals surface area contributed by atoms with Crippen LogP contribution in [0.4, 0.5) is 0 Å². The smallest absolute Gasteiger partial charge is 0.0432 e. The van der Waals surface area contributed by atoms with E-state index in [-0.39, 0.29) is 0 Å². The highest BCUT2D eigenvalue weighted by atomic mass is 14.7. The normalized spacial score (nSPS) is 7.86. The molecule has 82 valence electrons. The SMILES string of the molecule is CC.CC.CCc1cccnc1CC. The molecule has 14 heavy (non-hydrogen) atoms. The number of hydrogen-bond acceptors (Lipinski definition) is 1. The molecule has 0 aromatic carbocycles. The molecular formula is C13H25N. The predicted molar refractivity (Wildman–Crippen MR) is 65.7 cm³/mol. The summed E-state index contributed by atoms with van der Waals surface area (Å²) in [6.45, 7) is 12.3. The minimum atomic E-state index is 1.05. The quantitative estimate of drug-likeness (QED) is 0.687. The van der Waals surface area contributed by atoms with Gasteiger partial charge in [0, 0.05) is 11.9 Å². The van der Waals surface area contributed by atoms with Crippen LogP contribution in [-0.4, -0.2) is 4.98 Å². The highest BCUT2D eigenvalue weighted by Crippen LogP contribution is 2.05. The van der Waals surface area contributed by atoms with Crippen molar-refractivity contribution in [2.45, 2.75) is 54.4 Å². The van der Waals surface area contributed by atoms with Gasteiger partial charge in [-0.25, -0.2) is 0 Å². The second kappa shape index (κ2) is 12.2. The first-order chi connectivity index (χ1) is 6.88. The van der Waals surface area contributed by atoms with Gasteiger partial charge in [-0.05, 0) is 24.5 Å². The first-order valence-corrected chi connectivity index (χ1v) is 5.81. The molecule has 1 heterocycles. The van der Waals surface area contributed by atoms with Gasteiger partial charge in [0.2, 0.25) is 0 Å². The van der Waals surface area contributed by atoms with Crippen molar-refractivity contribution in [1.29, 1.82) is 0 Å². The summed E-state index contributed by atoms with van der Waals surface area (Å²) in [6, 6.07) is 4.14. The Balaban J connectivity index is 0. The lowest BCUT2D eigenvalue weighted by Crippen LogP contribution is -1.92. The molecule has 0 atom stereocenters. The summed E-state index contributed by atoms with van der Waals surface area (Å²) in [5.41, 5.74) is 2.62. The predicted octanol–water partition coefficient (Wildman–Crippen LogP) is 4.26. The van der Waals surface area contributed by atoms with Gasteiger partial charge in [-0.3, -0.25) is 4.98 Å². The summed E-state index contributed by atoms with van der Waals surface area (Å²) in [5.74, 6) is 0. The van der Waals surface area contributed by atoms with Gasteiger partial charge < -0.3 is 0 Å². The highest BCUT2D eigenvalue weighted by Gasteiger charge is 1.95. The third-order valence-corrected chi connectivity index (χ3v) is 1.70. The lowest BCUT2D eigenvalue weighted by atomic mass is 10.1. The van der Waals surface area contributed by atoms with Gasteiger partial charge in [-0.1, -0.05) is 47.6 Å². The van der Waals surface area contributed by atoms with Crippen molar-refractivity contribution in [3.8, 4) is 0 Å². The Kier molecular flexibility index (Phi) is 13.6. The van der Waals surface area contributed by atoms with Crippen molar-refractivity contribution in [1.82, 2.24) is 4.98 Å². The molecule has 0 saturated carbocycles. The Morgan fingerprint density at radius 2 is 1.57 bits per heavy atom. The largest absolute Gasteiger partial charge is 0.261 e. The first kappa shape index (κ1) is 15.6. The molecule has 0 aliphatic rings. The lowest BCUT2D eigenvalue weighted by Gasteiger charge is -2.01. The maximum Gasteiger partial charge on any atom is 0.0432 e. The number of hydrogen-bond donors (Lipinski definition) is 0. The van der Waals surface area contributed by atoms with Crippen LogP contribution in [0, 0.1) is 0 Å². The van der Waals surface area contributed by atoms with Crippen molar-refractivity contribution >= 4 is 0 Å². The summed E-state index contributed by atoms with van der Waals surface area (Å²) in [6.07, 6.45) is 4.00. The second-order valence-corrected chi connectivity index (χ2v) is 2.32. The third-order valence-electron chi connectivity index (χ3n) is 1.70. The molecule has 0 unspecified atom stereocenters. The molecule has 0 aliphatic heterocycles. The zero-order valence-corrected chi connectivity index (χ0v) is 10.6. The summed E-state index contributed by atoms with van der Waals surface area (Å²) in [4.78, 5) is 4.27. The molecule has 1 heteroatoms. The van der Waals surface area contributed by atoms with Gasteiger partial charge in [0.25, 0.3) is 0 Å². The maximum absolute atomic E-state index is 4.27. The fourth-order valence-electron chi connectivity index (χ4n) is 1.11. The number of aromatic nitrogens is 1. The van der Waals surface area contributed by atoms with E-state index in [0.29, 0.717) is 0 Å². The number of pyridine rings is 1. The fraction of sp³-hybridized carbons (Fsp3) is 0.615. The molecule has 0 aliphatic carbocycles. The van der Waals surface area contributed by atoms with Crippen LogP contribution in [0.3, 0.4) is 0 Å². The third kappa shape index (κ3) is 5.74. The van der Waals surface area contributed by atoms with Crippen molar-refractivity contribution in [2.24, 2.45) is 0 Å². The van der Waals surface area contributed by atoms with Crippen molar-refractivity contribution in [3.63, 3.8) is 0 Å². The molecule has 1 aromatic heterocycles. The van der Waals surface area contributed by atoms with E-state index in [1.165, 1.54) is 11.3 Å². The molecule has 0 spiro atoms. The minimum Gasteiger partial charge on any atom is -0.261 e. The van der Waals surface area contributed by atoms with E-state index < -0.39 is 0 Å². The first-order valence-electron chi connectivity index (χ1n) is 5.81. The summed E-state index contributed by atoms with van der Waals surface area (Å²) >= 11 is 0. The Morgan fingerprint density at radius 3 is 1.93 bits per heavy atom. The van der Waals surface area contributed by atoms with E-state index >= 15 is 0 Å². The van der Waals surface area contributed by atoms with Crippen molar-refractivity contribution in [2.75, 3.05) is 0 Å². The molecule has 1 rings (SSSR count). The van der Waals surface area contributed by atoms with Gasteiger partial charge in [0.1, 0.15) is 0 Å². The molecule has 0 amide bonds. The van der Waals surface area contributed by atoms with Gasteiger partial charge in [0.05, 0.1) is 0 Å². The monoisotopic (exact) mass is 195 g/mol. The number of nitrogens with zero attached hydrogens (tertiary/aromatic N) is 1. The molecule has 0 fully saturated rings. The van der Waals surface area contributed by atoms with Gasteiger partial charge in [-0.2, -0.15) is 0 Å². The molecule has 1 nitrogen and oxygen atoms in total. The average molecular weight is 195 g/mol. The van der Waals surface area contributed by atoms with Crippen LogP contribution in [0.15, 0.2) is 18.3 Å². The van der Waals surface area contributed by atoms with E-state index in [2.05, 4.69) is 24.9 Å². The Hall–Kier alpha value is -0.850. The summed E-state index contributed by atoms with van der Waals surface area (Å²) < 4.78 is 0. The number of rotatable bonds is 2. The highest BCUT2D eigenvalue weighted by molar-refractivity contribution is 5.19. The Labute approximate surface area is 89.6 Å². The molecule has 1 aromatic rings. The Morgan fingerprint density at radius 1 is 1.00 bits per heavy atom. The molecule has 0 N–H and O–H groups in total. The van der Waals surface area contributed by atoms with Gasteiger partial charge in [0.15, 0.2) is 0 Å². The van der Waals surface area contributed by atoms with Crippen molar-refractivity contribution in [3.05, 3.63) is 29.6 Å². The van der Waals surface area contributed by atoms with Crippen LogP contribution >= 0.6 is 0 Å². The van der Waals surface area contributed by atoms with E-state index in [0.717, 1.165) is 12.8 Å². The van der Waals surface area contributed by atoms with Gasteiger partial charge >= 0.3 is 0 Å². The molecule has 0 bridgehead atoms. The standard InChI is InChI=1S/C9H13N.2C2H6/c1-3-8-6-5-7-10-9(8)4-2;2*1-2/h5-7H,3-4H2,1-2H3;2*1-2H3. The van der Waals surface area contributed by atoms with Gasteiger partial charge in [-0.15, -0.1) is 0 Å². The van der Waals surface area contributed by atoms with Crippen LogP contribution in [0.25, 0.3) is 0 Å². The van der Waals surface area contributed by atoms with E-state index in [4.69, 9.17) is 0 Å².